The zero-order valence-corrected chi connectivity index (χ0v) is 20.7. The van der Waals surface area contributed by atoms with Gasteiger partial charge in [-0.3, -0.25) is 9.59 Å². The predicted molar refractivity (Wildman–Crippen MR) is 140 cm³/mol. The van der Waals surface area contributed by atoms with Crippen LogP contribution in [0, 0.1) is 0 Å². The van der Waals surface area contributed by atoms with Crippen LogP contribution in [-0.4, -0.2) is 44.8 Å². The Bertz CT molecular complexity index is 1300. The normalized spacial score (nSPS) is 11.1. The molecule has 0 aromatic heterocycles. The fourth-order valence-electron chi connectivity index (χ4n) is 3.20. The summed E-state index contributed by atoms with van der Waals surface area (Å²) in [5.41, 5.74) is 4.42. The highest BCUT2D eigenvalue weighted by atomic mass is 16.5. The molecule has 0 fully saturated rings. The van der Waals surface area contributed by atoms with Gasteiger partial charge in [-0.15, -0.1) is 0 Å². The Morgan fingerprint density at radius 1 is 0.838 bits per heavy atom. The highest BCUT2D eigenvalue weighted by Gasteiger charge is 2.15. The van der Waals surface area contributed by atoms with Crippen LogP contribution in [0.25, 0.3) is 6.08 Å². The SMILES string of the molecule is CCOC(=O)c1ccc(/C=N\NC(=O)/C(=C\c2ccc(OC)c(OC)c2)NC(=O)c2ccccc2)cc1. The topological polar surface area (TPSA) is 115 Å². The molecule has 0 atom stereocenters. The molecular weight excluding hydrogens is 474 g/mol. The number of benzene rings is 3. The highest BCUT2D eigenvalue weighted by Crippen LogP contribution is 2.28. The van der Waals surface area contributed by atoms with Gasteiger partial charge in [0.1, 0.15) is 5.70 Å². The number of nitrogens with zero attached hydrogens (tertiary/aromatic N) is 1. The maximum absolute atomic E-state index is 13.0. The largest absolute Gasteiger partial charge is 0.493 e. The molecule has 2 amide bonds. The first kappa shape index (κ1) is 26.7. The lowest BCUT2D eigenvalue weighted by molar-refractivity contribution is -0.117. The van der Waals surface area contributed by atoms with Crippen LogP contribution < -0.4 is 20.2 Å². The van der Waals surface area contributed by atoms with Gasteiger partial charge in [-0.2, -0.15) is 5.10 Å². The van der Waals surface area contributed by atoms with Crippen LogP contribution in [0.15, 0.2) is 83.6 Å². The van der Waals surface area contributed by atoms with Crippen molar-refractivity contribution in [3.63, 3.8) is 0 Å². The zero-order chi connectivity index (χ0) is 26.6. The van der Waals surface area contributed by atoms with Crippen LogP contribution in [0.4, 0.5) is 0 Å². The molecule has 2 N–H and O–H groups in total. The first-order valence-electron chi connectivity index (χ1n) is 11.4. The van der Waals surface area contributed by atoms with Gasteiger partial charge in [0.15, 0.2) is 11.5 Å². The van der Waals surface area contributed by atoms with Crippen molar-refractivity contribution < 1.29 is 28.6 Å². The third kappa shape index (κ3) is 7.53. The van der Waals surface area contributed by atoms with Crippen LogP contribution in [0.3, 0.4) is 0 Å². The maximum atomic E-state index is 13.0. The number of hydrazone groups is 1. The van der Waals surface area contributed by atoms with E-state index < -0.39 is 17.8 Å². The number of amides is 2. The Balaban J connectivity index is 1.80. The third-order valence-electron chi connectivity index (χ3n) is 5.05. The van der Waals surface area contributed by atoms with E-state index >= 15 is 0 Å². The third-order valence-corrected chi connectivity index (χ3v) is 5.05. The van der Waals surface area contributed by atoms with Crippen molar-refractivity contribution in [2.75, 3.05) is 20.8 Å². The number of nitrogens with one attached hydrogen (secondary N) is 2. The van der Waals surface area contributed by atoms with E-state index in [0.717, 1.165) is 0 Å². The van der Waals surface area contributed by atoms with Gasteiger partial charge in [0, 0.05) is 5.56 Å². The molecule has 3 aromatic carbocycles. The number of methoxy groups -OCH3 is 2. The van der Waals surface area contributed by atoms with E-state index in [-0.39, 0.29) is 12.3 Å². The lowest BCUT2D eigenvalue weighted by Crippen LogP contribution is -2.32. The Morgan fingerprint density at radius 3 is 2.16 bits per heavy atom. The lowest BCUT2D eigenvalue weighted by Gasteiger charge is -2.11. The van der Waals surface area contributed by atoms with Crippen LogP contribution >= 0.6 is 0 Å². The number of carbonyl (C=O) groups is 3. The van der Waals surface area contributed by atoms with Gasteiger partial charge in [0.25, 0.3) is 11.8 Å². The van der Waals surface area contributed by atoms with Crippen LogP contribution in [0.1, 0.15) is 38.8 Å². The Morgan fingerprint density at radius 2 is 1.51 bits per heavy atom. The predicted octanol–water partition coefficient (Wildman–Crippen LogP) is 3.80. The molecule has 0 radical (unpaired) electrons. The van der Waals surface area contributed by atoms with Gasteiger partial charge >= 0.3 is 5.97 Å². The standard InChI is InChI=1S/C28H27N3O6/c1-4-37-28(34)22-13-10-19(11-14-22)18-29-31-27(33)23(30-26(32)21-8-6-5-7-9-21)16-20-12-15-24(35-2)25(17-20)36-3/h5-18H,4H2,1-3H3,(H,30,32)(H,31,33)/b23-16+,29-18-. The van der Waals surface area contributed by atoms with Crippen LogP contribution in [-0.2, 0) is 9.53 Å². The molecule has 0 heterocycles. The number of ether oxygens (including phenoxy) is 3. The van der Waals surface area contributed by atoms with E-state index in [2.05, 4.69) is 15.8 Å². The lowest BCUT2D eigenvalue weighted by atomic mass is 10.1. The number of carbonyl (C=O) groups excluding carboxylic acids is 3. The van der Waals surface area contributed by atoms with Crippen LogP contribution in [0.2, 0.25) is 0 Å². The molecule has 9 nitrogen and oxygen atoms in total. The van der Waals surface area contributed by atoms with E-state index in [4.69, 9.17) is 14.2 Å². The molecule has 3 rings (SSSR count). The summed E-state index contributed by atoms with van der Waals surface area (Å²) in [5.74, 6) is -0.523. The summed E-state index contributed by atoms with van der Waals surface area (Å²) in [6.45, 7) is 2.02. The summed E-state index contributed by atoms with van der Waals surface area (Å²) in [4.78, 5) is 37.5. The first-order chi connectivity index (χ1) is 17.9. The van der Waals surface area contributed by atoms with Crippen molar-refractivity contribution in [2.24, 2.45) is 5.10 Å². The average molecular weight is 502 g/mol. The first-order valence-corrected chi connectivity index (χ1v) is 11.4. The van der Waals surface area contributed by atoms with Crippen molar-refractivity contribution in [2.45, 2.75) is 6.92 Å². The smallest absolute Gasteiger partial charge is 0.338 e. The monoisotopic (exact) mass is 501 g/mol. The van der Waals surface area contributed by atoms with E-state index in [1.807, 2.05) is 0 Å². The molecular formula is C28H27N3O6. The molecule has 37 heavy (non-hydrogen) atoms. The van der Waals surface area contributed by atoms with E-state index in [0.29, 0.717) is 33.8 Å². The molecule has 0 aliphatic heterocycles. The summed E-state index contributed by atoms with van der Waals surface area (Å²) < 4.78 is 15.5. The fraction of sp³-hybridized carbons (Fsp3) is 0.143. The fourth-order valence-corrected chi connectivity index (χ4v) is 3.20. The van der Waals surface area contributed by atoms with E-state index in [9.17, 15) is 14.4 Å². The Kier molecular flexibility index (Phi) is 9.55. The Hall–Kier alpha value is -4.92. The molecule has 0 spiro atoms. The summed E-state index contributed by atoms with van der Waals surface area (Å²) in [6, 6.07) is 20.1. The summed E-state index contributed by atoms with van der Waals surface area (Å²) >= 11 is 0. The summed E-state index contributed by atoms with van der Waals surface area (Å²) in [7, 11) is 3.03. The van der Waals surface area contributed by atoms with Gasteiger partial charge in [-0.25, -0.2) is 10.2 Å². The molecule has 0 saturated carbocycles. The van der Waals surface area contributed by atoms with Crippen molar-refractivity contribution in [3.8, 4) is 11.5 Å². The highest BCUT2D eigenvalue weighted by molar-refractivity contribution is 6.05. The maximum Gasteiger partial charge on any atom is 0.338 e. The van der Waals surface area contributed by atoms with Gasteiger partial charge in [0.05, 0.1) is 32.6 Å². The van der Waals surface area contributed by atoms with Crippen molar-refractivity contribution >= 4 is 30.1 Å². The molecule has 0 aliphatic rings. The second-order valence-corrected chi connectivity index (χ2v) is 7.53. The summed E-state index contributed by atoms with van der Waals surface area (Å²) in [6.07, 6.45) is 2.92. The van der Waals surface area contributed by atoms with Crippen LogP contribution in [0.5, 0.6) is 11.5 Å². The molecule has 3 aromatic rings. The summed E-state index contributed by atoms with van der Waals surface area (Å²) in [5, 5.41) is 6.62. The van der Waals surface area contributed by atoms with Gasteiger partial charge in [0.2, 0.25) is 0 Å². The van der Waals surface area contributed by atoms with E-state index in [1.165, 1.54) is 26.5 Å². The minimum atomic E-state index is -0.640. The second kappa shape index (κ2) is 13.2. The minimum Gasteiger partial charge on any atom is -0.493 e. The van der Waals surface area contributed by atoms with Gasteiger partial charge in [-0.05, 0) is 60.5 Å². The molecule has 190 valence electrons. The zero-order valence-electron chi connectivity index (χ0n) is 20.7. The number of hydrogen-bond donors (Lipinski definition) is 2. The molecule has 0 aliphatic carbocycles. The minimum absolute atomic E-state index is 0.0316. The number of esters is 1. The van der Waals surface area contributed by atoms with Crippen molar-refractivity contribution in [3.05, 3.63) is 101 Å². The average Bonchev–Trinajstić information content (AvgIpc) is 2.93. The number of rotatable bonds is 10. The van der Waals surface area contributed by atoms with E-state index in [1.54, 1.807) is 79.7 Å². The van der Waals surface area contributed by atoms with Gasteiger partial charge < -0.3 is 19.5 Å². The Labute approximate surface area is 214 Å². The molecule has 0 bridgehead atoms. The second-order valence-electron chi connectivity index (χ2n) is 7.53. The van der Waals surface area contributed by atoms with Crippen molar-refractivity contribution in [1.29, 1.82) is 0 Å². The molecule has 0 unspecified atom stereocenters. The molecule has 0 saturated heterocycles. The van der Waals surface area contributed by atoms with Crippen molar-refractivity contribution in [1.82, 2.24) is 10.7 Å². The van der Waals surface area contributed by atoms with Gasteiger partial charge in [-0.1, -0.05) is 36.4 Å². The quantitative estimate of drug-likeness (QED) is 0.189. The number of hydrogen-bond acceptors (Lipinski definition) is 7. The molecule has 9 heteroatoms.